The van der Waals surface area contributed by atoms with Gasteiger partial charge in [-0.3, -0.25) is 5.32 Å². The molecule has 3 heterocycles. The van der Waals surface area contributed by atoms with Crippen LogP contribution in [0.5, 0.6) is 0 Å². The standard InChI is InChI=1S/C5H9NO2/c7-3-5-2-1-4(6-5)8-5/h4,6-7H,1-3H2/t4?,5-/m1/s1. The molecule has 1 unspecified atom stereocenters. The molecule has 3 heteroatoms. The van der Waals surface area contributed by atoms with E-state index in [1.807, 2.05) is 0 Å². The highest BCUT2D eigenvalue weighted by Crippen LogP contribution is 2.36. The van der Waals surface area contributed by atoms with Crippen molar-refractivity contribution in [3.63, 3.8) is 0 Å². The molecule has 0 aliphatic carbocycles. The van der Waals surface area contributed by atoms with Gasteiger partial charge in [-0.25, -0.2) is 0 Å². The van der Waals surface area contributed by atoms with Crippen molar-refractivity contribution >= 4 is 0 Å². The van der Waals surface area contributed by atoms with Crippen molar-refractivity contribution in [2.45, 2.75) is 24.8 Å². The average Bonchev–Trinajstić information content (AvgIpc) is 2.17. The fourth-order valence-corrected chi connectivity index (χ4v) is 1.36. The van der Waals surface area contributed by atoms with Crippen LogP contribution < -0.4 is 5.32 Å². The number of ether oxygens (including phenoxy) is 1. The summed E-state index contributed by atoms with van der Waals surface area (Å²) < 4.78 is 5.23. The van der Waals surface area contributed by atoms with Gasteiger partial charge in [-0.15, -0.1) is 0 Å². The van der Waals surface area contributed by atoms with Gasteiger partial charge in [0.1, 0.15) is 12.0 Å². The molecular formula is C5H9NO2. The second-order valence-corrected chi connectivity index (χ2v) is 2.44. The first kappa shape index (κ1) is 4.73. The quantitative estimate of drug-likeness (QED) is 0.480. The van der Waals surface area contributed by atoms with Crippen LogP contribution in [-0.4, -0.2) is 23.7 Å². The molecule has 46 valence electrons. The molecule has 3 nitrogen and oxygen atoms in total. The predicted molar refractivity (Wildman–Crippen MR) is 27.1 cm³/mol. The number of hydrogen-bond donors (Lipinski definition) is 2. The molecule has 3 rings (SSSR count). The second kappa shape index (κ2) is 1.23. The van der Waals surface area contributed by atoms with Crippen LogP contribution in [0.3, 0.4) is 0 Å². The van der Waals surface area contributed by atoms with Crippen molar-refractivity contribution in [2.75, 3.05) is 6.61 Å². The molecule has 2 N–H and O–H groups in total. The van der Waals surface area contributed by atoms with Crippen molar-refractivity contribution in [3.05, 3.63) is 0 Å². The lowest BCUT2D eigenvalue weighted by Crippen LogP contribution is -2.61. The number of aliphatic hydroxyl groups is 1. The van der Waals surface area contributed by atoms with Crippen molar-refractivity contribution in [1.29, 1.82) is 0 Å². The molecule has 0 spiro atoms. The Balaban J connectivity index is 2.09. The normalized spacial score (nSPS) is 51.4. The Morgan fingerprint density at radius 1 is 1.88 bits per heavy atom. The van der Waals surface area contributed by atoms with Gasteiger partial charge in [-0.2, -0.15) is 0 Å². The largest absolute Gasteiger partial charge is 0.392 e. The van der Waals surface area contributed by atoms with Crippen LogP contribution in [-0.2, 0) is 4.74 Å². The Morgan fingerprint density at radius 3 is 2.88 bits per heavy atom. The molecule has 3 saturated heterocycles. The van der Waals surface area contributed by atoms with Gasteiger partial charge in [0.2, 0.25) is 0 Å². The molecule has 3 fully saturated rings. The summed E-state index contributed by atoms with van der Waals surface area (Å²) in [6, 6.07) is 0. The monoisotopic (exact) mass is 115 g/mol. The average molecular weight is 115 g/mol. The van der Waals surface area contributed by atoms with E-state index >= 15 is 0 Å². The minimum atomic E-state index is -0.315. The van der Waals surface area contributed by atoms with Crippen LogP contribution in [0.2, 0.25) is 0 Å². The van der Waals surface area contributed by atoms with E-state index in [-0.39, 0.29) is 18.6 Å². The molecule has 0 aromatic carbocycles. The van der Waals surface area contributed by atoms with Crippen molar-refractivity contribution in [3.8, 4) is 0 Å². The van der Waals surface area contributed by atoms with Gasteiger partial charge < -0.3 is 9.84 Å². The summed E-state index contributed by atoms with van der Waals surface area (Å²) in [4.78, 5) is 0. The number of nitrogens with one attached hydrogen (secondary N) is 1. The van der Waals surface area contributed by atoms with Crippen LogP contribution in [0.1, 0.15) is 12.8 Å². The molecule has 8 heavy (non-hydrogen) atoms. The van der Waals surface area contributed by atoms with E-state index in [2.05, 4.69) is 5.32 Å². The smallest absolute Gasteiger partial charge is 0.146 e. The fraction of sp³-hybridized carbons (Fsp3) is 1.00. The van der Waals surface area contributed by atoms with Crippen molar-refractivity contribution in [1.82, 2.24) is 5.32 Å². The minimum Gasteiger partial charge on any atom is -0.392 e. The first-order valence-electron chi connectivity index (χ1n) is 2.91. The van der Waals surface area contributed by atoms with Crippen LogP contribution in [0, 0.1) is 0 Å². The maximum atomic E-state index is 8.68. The highest BCUT2D eigenvalue weighted by atomic mass is 16.6. The molecule has 0 aromatic rings. The van der Waals surface area contributed by atoms with Crippen LogP contribution in [0.15, 0.2) is 0 Å². The lowest BCUT2D eigenvalue weighted by molar-refractivity contribution is -0.206. The third-order valence-electron chi connectivity index (χ3n) is 1.86. The maximum absolute atomic E-state index is 8.68. The molecule has 0 radical (unpaired) electrons. The zero-order valence-electron chi connectivity index (χ0n) is 4.55. The second-order valence-electron chi connectivity index (χ2n) is 2.44. The summed E-state index contributed by atoms with van der Waals surface area (Å²) in [6.45, 7) is 0.115. The fourth-order valence-electron chi connectivity index (χ4n) is 1.36. The van der Waals surface area contributed by atoms with E-state index in [1.54, 1.807) is 0 Å². The Labute approximate surface area is 47.6 Å². The van der Waals surface area contributed by atoms with E-state index in [0.717, 1.165) is 12.8 Å². The number of hydrogen-bond acceptors (Lipinski definition) is 3. The Bertz CT molecular complexity index is 103. The summed E-state index contributed by atoms with van der Waals surface area (Å²) in [5.74, 6) is 0. The zero-order valence-corrected chi connectivity index (χ0v) is 4.55. The molecule has 2 atom stereocenters. The van der Waals surface area contributed by atoms with Gasteiger partial charge in [-0.05, 0) is 12.8 Å². The summed E-state index contributed by atoms with van der Waals surface area (Å²) in [5, 5.41) is 11.8. The highest BCUT2D eigenvalue weighted by Gasteiger charge is 2.50. The Hall–Kier alpha value is -0.120. The molecule has 3 aliphatic heterocycles. The van der Waals surface area contributed by atoms with Gasteiger partial charge in [0, 0.05) is 0 Å². The van der Waals surface area contributed by atoms with Gasteiger partial charge in [0.15, 0.2) is 0 Å². The molecular weight excluding hydrogens is 106 g/mol. The topological polar surface area (TPSA) is 41.5 Å². The van der Waals surface area contributed by atoms with Crippen molar-refractivity contribution in [2.24, 2.45) is 0 Å². The van der Waals surface area contributed by atoms with E-state index in [0.29, 0.717) is 0 Å². The summed E-state index contributed by atoms with van der Waals surface area (Å²) in [5.41, 5.74) is -0.315. The third-order valence-corrected chi connectivity index (χ3v) is 1.86. The molecule has 0 aromatic heterocycles. The van der Waals surface area contributed by atoms with E-state index in [1.165, 1.54) is 0 Å². The summed E-state index contributed by atoms with van der Waals surface area (Å²) >= 11 is 0. The summed E-state index contributed by atoms with van der Waals surface area (Å²) in [6.07, 6.45) is 2.27. The van der Waals surface area contributed by atoms with E-state index in [4.69, 9.17) is 9.84 Å². The van der Waals surface area contributed by atoms with Crippen LogP contribution in [0.4, 0.5) is 0 Å². The van der Waals surface area contributed by atoms with Crippen molar-refractivity contribution < 1.29 is 9.84 Å². The number of rotatable bonds is 1. The molecule has 3 aliphatic rings. The number of fused-ring (bicyclic) bond motifs is 1. The first-order valence-corrected chi connectivity index (χ1v) is 2.91. The Kier molecular flexibility index (Phi) is 0.730. The predicted octanol–water partition coefficient (Wildman–Crippen LogP) is -0.585. The lowest BCUT2D eigenvalue weighted by atomic mass is 10.2. The van der Waals surface area contributed by atoms with Gasteiger partial charge in [0.25, 0.3) is 0 Å². The summed E-state index contributed by atoms with van der Waals surface area (Å²) in [7, 11) is 0. The van der Waals surface area contributed by atoms with E-state index < -0.39 is 0 Å². The van der Waals surface area contributed by atoms with Gasteiger partial charge in [-0.1, -0.05) is 0 Å². The van der Waals surface area contributed by atoms with Crippen LogP contribution >= 0.6 is 0 Å². The Morgan fingerprint density at radius 2 is 2.62 bits per heavy atom. The van der Waals surface area contributed by atoms with Crippen LogP contribution in [0.25, 0.3) is 0 Å². The highest BCUT2D eigenvalue weighted by molar-refractivity contribution is 4.96. The lowest BCUT2D eigenvalue weighted by Gasteiger charge is -2.38. The molecule has 0 saturated carbocycles. The number of aliphatic hydroxyl groups excluding tert-OH is 1. The van der Waals surface area contributed by atoms with Gasteiger partial charge >= 0.3 is 0 Å². The molecule has 0 amide bonds. The minimum absolute atomic E-state index is 0.115. The van der Waals surface area contributed by atoms with E-state index in [9.17, 15) is 0 Å². The maximum Gasteiger partial charge on any atom is 0.146 e. The SMILES string of the molecule is OC[C@]12CCC(N1)O2. The first-order chi connectivity index (χ1) is 3.85. The molecule has 2 bridgehead atoms. The third kappa shape index (κ3) is 0.393. The zero-order chi connectivity index (χ0) is 5.61. The van der Waals surface area contributed by atoms with Gasteiger partial charge in [0.05, 0.1) is 6.61 Å².